The van der Waals surface area contributed by atoms with Crippen molar-refractivity contribution in [1.29, 1.82) is 0 Å². The van der Waals surface area contributed by atoms with E-state index in [1.165, 1.54) is 0 Å². The smallest absolute Gasteiger partial charge is 0.179 e. The number of rotatable bonds is 4. The van der Waals surface area contributed by atoms with Crippen LogP contribution in [-0.4, -0.2) is 44.8 Å². The van der Waals surface area contributed by atoms with Gasteiger partial charge in [-0.1, -0.05) is 11.6 Å². The van der Waals surface area contributed by atoms with Crippen molar-refractivity contribution in [2.75, 3.05) is 33.9 Å². The van der Waals surface area contributed by atoms with Crippen LogP contribution >= 0.6 is 11.6 Å². The van der Waals surface area contributed by atoms with Crippen molar-refractivity contribution >= 4 is 11.6 Å². The van der Waals surface area contributed by atoms with Gasteiger partial charge in [-0.05, 0) is 24.6 Å². The highest BCUT2D eigenvalue weighted by molar-refractivity contribution is 6.32. The summed E-state index contributed by atoms with van der Waals surface area (Å²) < 4.78 is 10.6. The largest absolute Gasteiger partial charge is 0.493 e. The van der Waals surface area contributed by atoms with E-state index in [1.54, 1.807) is 14.2 Å². The van der Waals surface area contributed by atoms with E-state index in [4.69, 9.17) is 21.1 Å². The number of benzene rings is 1. The second-order valence-electron chi connectivity index (χ2n) is 4.90. The first-order valence-electron chi connectivity index (χ1n) is 6.50. The van der Waals surface area contributed by atoms with Gasteiger partial charge >= 0.3 is 0 Å². The SMILES string of the molecule is COc1cc(CN2CCNC(C)C2)cc(Cl)c1OC. The number of halogens is 1. The summed E-state index contributed by atoms with van der Waals surface area (Å²) in [5.41, 5.74) is 1.15. The van der Waals surface area contributed by atoms with Crippen LogP contribution in [0.25, 0.3) is 0 Å². The Balaban J connectivity index is 2.14. The lowest BCUT2D eigenvalue weighted by Crippen LogP contribution is -2.48. The first-order valence-corrected chi connectivity index (χ1v) is 6.88. The molecule has 1 atom stereocenters. The van der Waals surface area contributed by atoms with Gasteiger partial charge in [-0.25, -0.2) is 0 Å². The summed E-state index contributed by atoms with van der Waals surface area (Å²) in [5, 5.41) is 4.03. The molecule has 1 aliphatic heterocycles. The Morgan fingerprint density at radius 1 is 1.37 bits per heavy atom. The lowest BCUT2D eigenvalue weighted by Gasteiger charge is -2.32. The predicted molar refractivity (Wildman–Crippen MR) is 77.3 cm³/mol. The fourth-order valence-corrected chi connectivity index (χ4v) is 2.79. The molecule has 0 spiro atoms. The van der Waals surface area contributed by atoms with Gasteiger partial charge in [0.15, 0.2) is 11.5 Å². The average molecular weight is 285 g/mol. The summed E-state index contributed by atoms with van der Waals surface area (Å²) in [6.07, 6.45) is 0. The third-order valence-electron chi connectivity index (χ3n) is 3.35. The Morgan fingerprint density at radius 2 is 2.16 bits per heavy atom. The van der Waals surface area contributed by atoms with Crippen LogP contribution in [-0.2, 0) is 6.54 Å². The third kappa shape index (κ3) is 3.53. The fourth-order valence-electron chi connectivity index (χ4n) is 2.48. The maximum Gasteiger partial charge on any atom is 0.179 e. The number of methoxy groups -OCH3 is 2. The first-order chi connectivity index (χ1) is 9.13. The second-order valence-corrected chi connectivity index (χ2v) is 5.31. The molecule has 1 saturated heterocycles. The summed E-state index contributed by atoms with van der Waals surface area (Å²) in [6, 6.07) is 4.48. The first kappa shape index (κ1) is 14.4. The zero-order chi connectivity index (χ0) is 13.8. The minimum atomic E-state index is 0.532. The molecule has 19 heavy (non-hydrogen) atoms. The van der Waals surface area contributed by atoms with Crippen molar-refractivity contribution < 1.29 is 9.47 Å². The number of nitrogens with zero attached hydrogens (tertiary/aromatic N) is 1. The number of nitrogens with one attached hydrogen (secondary N) is 1. The predicted octanol–water partition coefficient (Wildman–Crippen LogP) is 2.15. The highest BCUT2D eigenvalue weighted by Gasteiger charge is 2.17. The molecule has 1 aromatic carbocycles. The Bertz CT molecular complexity index is 440. The zero-order valence-electron chi connectivity index (χ0n) is 11.7. The van der Waals surface area contributed by atoms with Crippen LogP contribution in [0, 0.1) is 0 Å². The van der Waals surface area contributed by atoms with E-state index in [-0.39, 0.29) is 0 Å². The lowest BCUT2D eigenvalue weighted by atomic mass is 10.1. The number of piperazine rings is 1. The highest BCUT2D eigenvalue weighted by Crippen LogP contribution is 2.36. The van der Waals surface area contributed by atoms with Crippen molar-refractivity contribution in [2.45, 2.75) is 19.5 Å². The molecule has 4 nitrogen and oxygen atoms in total. The van der Waals surface area contributed by atoms with Crippen molar-refractivity contribution in [1.82, 2.24) is 10.2 Å². The van der Waals surface area contributed by atoms with E-state index in [2.05, 4.69) is 17.1 Å². The van der Waals surface area contributed by atoms with Crippen LogP contribution in [0.5, 0.6) is 11.5 Å². The lowest BCUT2D eigenvalue weighted by molar-refractivity contribution is 0.199. The molecule has 5 heteroatoms. The van der Waals surface area contributed by atoms with Crippen LogP contribution in [0.2, 0.25) is 5.02 Å². The van der Waals surface area contributed by atoms with Gasteiger partial charge in [-0.3, -0.25) is 4.90 Å². The van der Waals surface area contributed by atoms with Crippen LogP contribution in [0.4, 0.5) is 0 Å². The third-order valence-corrected chi connectivity index (χ3v) is 3.63. The Labute approximate surface area is 119 Å². The molecule has 0 amide bonds. The van der Waals surface area contributed by atoms with Gasteiger partial charge in [0.1, 0.15) is 0 Å². The molecule has 1 aromatic rings. The summed E-state index contributed by atoms with van der Waals surface area (Å²) in [6.45, 7) is 6.21. The van der Waals surface area contributed by atoms with E-state index in [0.717, 1.165) is 31.7 Å². The Morgan fingerprint density at radius 3 is 2.79 bits per heavy atom. The minimum Gasteiger partial charge on any atom is -0.493 e. The summed E-state index contributed by atoms with van der Waals surface area (Å²) in [5.74, 6) is 1.29. The molecular formula is C14H21ClN2O2. The molecular weight excluding hydrogens is 264 g/mol. The molecule has 106 valence electrons. The van der Waals surface area contributed by atoms with E-state index < -0.39 is 0 Å². The molecule has 0 radical (unpaired) electrons. The maximum atomic E-state index is 6.22. The van der Waals surface area contributed by atoms with Crippen molar-refractivity contribution in [2.24, 2.45) is 0 Å². The van der Waals surface area contributed by atoms with Crippen LogP contribution in [0.15, 0.2) is 12.1 Å². The molecule has 1 unspecified atom stereocenters. The average Bonchev–Trinajstić information content (AvgIpc) is 2.38. The number of hydrogen-bond donors (Lipinski definition) is 1. The molecule has 1 fully saturated rings. The molecule has 0 aromatic heterocycles. The topological polar surface area (TPSA) is 33.7 Å². The molecule has 1 heterocycles. The van der Waals surface area contributed by atoms with Gasteiger partial charge in [-0.2, -0.15) is 0 Å². The van der Waals surface area contributed by atoms with Gasteiger partial charge in [0.2, 0.25) is 0 Å². The highest BCUT2D eigenvalue weighted by atomic mass is 35.5. The second kappa shape index (κ2) is 6.46. The van der Waals surface area contributed by atoms with Crippen LogP contribution in [0.1, 0.15) is 12.5 Å². The van der Waals surface area contributed by atoms with E-state index in [1.807, 2.05) is 12.1 Å². The van der Waals surface area contributed by atoms with Crippen molar-refractivity contribution in [3.63, 3.8) is 0 Å². The summed E-state index contributed by atoms with van der Waals surface area (Å²) in [4.78, 5) is 2.42. The standard InChI is InChI=1S/C14H21ClN2O2/c1-10-8-17(5-4-16-10)9-11-6-12(15)14(19-3)13(7-11)18-2/h6-7,10,16H,4-5,8-9H2,1-3H3. The van der Waals surface area contributed by atoms with E-state index in [0.29, 0.717) is 22.6 Å². The summed E-state index contributed by atoms with van der Waals surface area (Å²) in [7, 11) is 3.23. The zero-order valence-corrected chi connectivity index (χ0v) is 12.5. The summed E-state index contributed by atoms with van der Waals surface area (Å²) >= 11 is 6.22. The number of ether oxygens (including phenoxy) is 2. The van der Waals surface area contributed by atoms with Crippen LogP contribution < -0.4 is 14.8 Å². The van der Waals surface area contributed by atoms with Crippen molar-refractivity contribution in [3.8, 4) is 11.5 Å². The van der Waals surface area contributed by atoms with E-state index >= 15 is 0 Å². The molecule has 0 bridgehead atoms. The van der Waals surface area contributed by atoms with Gasteiger partial charge in [0.05, 0.1) is 19.2 Å². The molecule has 1 aliphatic rings. The molecule has 0 aliphatic carbocycles. The molecule has 0 saturated carbocycles. The Hall–Kier alpha value is -0.970. The van der Waals surface area contributed by atoms with Gasteiger partial charge in [0, 0.05) is 32.2 Å². The Kier molecular flexibility index (Phi) is 4.91. The van der Waals surface area contributed by atoms with Crippen LogP contribution in [0.3, 0.4) is 0 Å². The van der Waals surface area contributed by atoms with E-state index in [9.17, 15) is 0 Å². The number of hydrogen-bond acceptors (Lipinski definition) is 4. The fraction of sp³-hybridized carbons (Fsp3) is 0.571. The van der Waals surface area contributed by atoms with Gasteiger partial charge in [-0.15, -0.1) is 0 Å². The normalized spacial score (nSPS) is 20.3. The molecule has 1 N–H and O–H groups in total. The minimum absolute atomic E-state index is 0.532. The quantitative estimate of drug-likeness (QED) is 0.919. The maximum absolute atomic E-state index is 6.22. The molecule has 2 rings (SSSR count). The monoisotopic (exact) mass is 284 g/mol. The van der Waals surface area contributed by atoms with Gasteiger partial charge in [0.25, 0.3) is 0 Å². The van der Waals surface area contributed by atoms with Crippen molar-refractivity contribution in [3.05, 3.63) is 22.7 Å². The van der Waals surface area contributed by atoms with Gasteiger partial charge < -0.3 is 14.8 Å².